The quantitative estimate of drug-likeness (QED) is 0.439. The van der Waals surface area contributed by atoms with Gasteiger partial charge in [0.15, 0.2) is 19.0 Å². The molecule has 1 amide bonds. The average molecular weight is 393 g/mol. The van der Waals surface area contributed by atoms with Crippen LogP contribution in [0.3, 0.4) is 0 Å². The molecule has 27 heavy (non-hydrogen) atoms. The number of rotatable bonds is 7. The molecule has 0 unspecified atom stereocenters. The Morgan fingerprint density at radius 1 is 1.19 bits per heavy atom. The lowest BCUT2D eigenvalue weighted by atomic mass is 10.1. The molecule has 2 aromatic carbocycles. The van der Waals surface area contributed by atoms with Crippen molar-refractivity contribution in [2.45, 2.75) is 13.8 Å². The Labute approximate surface area is 160 Å². The smallest absolute Gasteiger partial charge is 0.344 e. The summed E-state index contributed by atoms with van der Waals surface area (Å²) in [6.45, 7) is 2.57. The summed E-state index contributed by atoms with van der Waals surface area (Å²) in [5.41, 5.74) is 1.90. The van der Waals surface area contributed by atoms with Gasteiger partial charge in [0.2, 0.25) is 0 Å². The Morgan fingerprint density at radius 3 is 2.56 bits per heavy atom. The first-order valence-corrected chi connectivity index (χ1v) is 8.24. The number of carbonyl (C=O) groups is 2. The van der Waals surface area contributed by atoms with Gasteiger partial charge < -0.3 is 14.8 Å². The Bertz CT molecular complexity index is 861. The number of para-hydroxylation sites is 2. The normalized spacial score (nSPS) is 10.2. The Hall–Kier alpha value is -3.13. The second-order valence-corrected chi connectivity index (χ2v) is 6.07. The number of esters is 1. The number of benzene rings is 2. The maximum Gasteiger partial charge on any atom is 0.344 e. The third-order valence-corrected chi connectivity index (χ3v) is 3.77. The summed E-state index contributed by atoms with van der Waals surface area (Å²) in [4.78, 5) is 33.9. The number of amides is 1. The number of aryl methyl sites for hydroxylation is 2. The highest BCUT2D eigenvalue weighted by molar-refractivity contribution is 6.34. The lowest BCUT2D eigenvalue weighted by molar-refractivity contribution is -0.385. The molecule has 0 aliphatic carbocycles. The molecule has 0 saturated carbocycles. The molecule has 9 heteroatoms. The first-order valence-electron chi connectivity index (χ1n) is 7.86. The Kier molecular flexibility index (Phi) is 6.73. The van der Waals surface area contributed by atoms with Gasteiger partial charge in [0.1, 0.15) is 0 Å². The van der Waals surface area contributed by atoms with Crippen molar-refractivity contribution in [3.8, 4) is 5.75 Å². The molecule has 0 aromatic heterocycles. The average Bonchev–Trinajstić information content (AvgIpc) is 2.61. The van der Waals surface area contributed by atoms with Crippen molar-refractivity contribution < 1.29 is 24.0 Å². The molecular formula is C18H17ClN2O6. The van der Waals surface area contributed by atoms with Gasteiger partial charge in [-0.25, -0.2) is 4.79 Å². The summed E-state index contributed by atoms with van der Waals surface area (Å²) in [6, 6.07) is 9.19. The van der Waals surface area contributed by atoms with Gasteiger partial charge in [0.25, 0.3) is 5.91 Å². The van der Waals surface area contributed by atoms with Crippen LogP contribution in [0, 0.1) is 24.0 Å². The van der Waals surface area contributed by atoms with Gasteiger partial charge in [0, 0.05) is 6.07 Å². The van der Waals surface area contributed by atoms with Gasteiger partial charge >= 0.3 is 11.7 Å². The van der Waals surface area contributed by atoms with E-state index in [2.05, 4.69) is 5.32 Å². The molecule has 0 radical (unpaired) electrons. The number of nitrogens with zero attached hydrogens (tertiary/aromatic N) is 1. The maximum atomic E-state index is 11.9. The van der Waals surface area contributed by atoms with E-state index >= 15 is 0 Å². The van der Waals surface area contributed by atoms with Crippen molar-refractivity contribution in [2.75, 3.05) is 18.5 Å². The number of hydrogen-bond donors (Lipinski definition) is 1. The van der Waals surface area contributed by atoms with E-state index in [0.717, 1.165) is 11.1 Å². The summed E-state index contributed by atoms with van der Waals surface area (Å²) in [7, 11) is 0. The lowest BCUT2D eigenvalue weighted by Crippen LogP contribution is -2.24. The van der Waals surface area contributed by atoms with Gasteiger partial charge in [-0.1, -0.05) is 29.8 Å². The van der Waals surface area contributed by atoms with Crippen molar-refractivity contribution in [3.63, 3.8) is 0 Å². The molecule has 2 rings (SSSR count). The summed E-state index contributed by atoms with van der Waals surface area (Å²) in [6.07, 6.45) is 0. The van der Waals surface area contributed by atoms with E-state index in [0.29, 0.717) is 10.7 Å². The zero-order chi connectivity index (χ0) is 20.0. The van der Waals surface area contributed by atoms with Crippen molar-refractivity contribution in [1.29, 1.82) is 0 Å². The summed E-state index contributed by atoms with van der Waals surface area (Å²) in [5.74, 6) is -1.47. The number of carbonyl (C=O) groups excluding carboxylic acids is 2. The number of anilines is 1. The first-order chi connectivity index (χ1) is 12.8. The van der Waals surface area contributed by atoms with Gasteiger partial charge in [-0.05, 0) is 37.1 Å². The number of nitrogens with one attached hydrogen (secondary N) is 1. The molecule has 8 nitrogen and oxygen atoms in total. The highest BCUT2D eigenvalue weighted by atomic mass is 35.5. The molecule has 1 N–H and O–H groups in total. The SMILES string of the molecule is Cc1cc(C)c(NC(=O)COC(=O)COc2ccccc2[N+](=O)[O-])c(Cl)c1. The van der Waals surface area contributed by atoms with Gasteiger partial charge in [-0.15, -0.1) is 0 Å². The minimum absolute atomic E-state index is 0.0639. The molecule has 0 fully saturated rings. The lowest BCUT2D eigenvalue weighted by Gasteiger charge is -2.12. The fourth-order valence-corrected chi connectivity index (χ4v) is 2.67. The van der Waals surface area contributed by atoms with E-state index in [1.807, 2.05) is 13.0 Å². The summed E-state index contributed by atoms with van der Waals surface area (Å²) >= 11 is 6.10. The minimum Gasteiger partial charge on any atom is -0.475 e. The summed E-state index contributed by atoms with van der Waals surface area (Å²) in [5, 5.41) is 13.8. The van der Waals surface area contributed by atoms with Crippen LogP contribution in [0.5, 0.6) is 5.75 Å². The topological polar surface area (TPSA) is 108 Å². The number of nitro benzene ring substituents is 1. The zero-order valence-corrected chi connectivity index (χ0v) is 15.4. The van der Waals surface area contributed by atoms with Crippen molar-refractivity contribution in [2.24, 2.45) is 0 Å². The molecule has 0 bridgehead atoms. The van der Waals surface area contributed by atoms with E-state index in [-0.39, 0.29) is 11.4 Å². The van der Waals surface area contributed by atoms with Crippen LogP contribution in [0.1, 0.15) is 11.1 Å². The van der Waals surface area contributed by atoms with Crippen LogP contribution in [-0.4, -0.2) is 30.0 Å². The monoisotopic (exact) mass is 392 g/mol. The van der Waals surface area contributed by atoms with Crippen molar-refractivity contribution in [3.05, 3.63) is 62.7 Å². The van der Waals surface area contributed by atoms with E-state index in [1.54, 1.807) is 13.0 Å². The molecule has 142 valence electrons. The van der Waals surface area contributed by atoms with Crippen LogP contribution in [0.15, 0.2) is 36.4 Å². The number of halogens is 1. The third-order valence-electron chi connectivity index (χ3n) is 3.47. The van der Waals surface area contributed by atoms with E-state index < -0.39 is 30.0 Å². The van der Waals surface area contributed by atoms with Crippen LogP contribution < -0.4 is 10.1 Å². The molecule has 2 aromatic rings. The first kappa shape index (κ1) is 20.2. The van der Waals surface area contributed by atoms with Crippen LogP contribution in [-0.2, 0) is 14.3 Å². The molecule has 0 heterocycles. The van der Waals surface area contributed by atoms with E-state index in [4.69, 9.17) is 21.1 Å². The predicted octanol–water partition coefficient (Wildman–Crippen LogP) is 3.43. The Morgan fingerprint density at radius 2 is 1.89 bits per heavy atom. The largest absolute Gasteiger partial charge is 0.475 e. The summed E-state index contributed by atoms with van der Waals surface area (Å²) < 4.78 is 9.91. The van der Waals surface area contributed by atoms with Crippen LogP contribution in [0.2, 0.25) is 5.02 Å². The van der Waals surface area contributed by atoms with Crippen LogP contribution in [0.25, 0.3) is 0 Å². The van der Waals surface area contributed by atoms with E-state index in [9.17, 15) is 19.7 Å². The molecular weight excluding hydrogens is 376 g/mol. The van der Waals surface area contributed by atoms with Crippen molar-refractivity contribution >= 4 is 34.9 Å². The molecule has 0 atom stereocenters. The van der Waals surface area contributed by atoms with E-state index in [1.165, 1.54) is 24.3 Å². The zero-order valence-electron chi connectivity index (χ0n) is 14.7. The second kappa shape index (κ2) is 9.00. The van der Waals surface area contributed by atoms with Crippen molar-refractivity contribution in [1.82, 2.24) is 0 Å². The molecule has 0 aliphatic heterocycles. The third kappa shape index (κ3) is 5.68. The van der Waals surface area contributed by atoms with Crippen LogP contribution >= 0.6 is 11.6 Å². The van der Waals surface area contributed by atoms with Gasteiger partial charge in [-0.3, -0.25) is 14.9 Å². The number of nitro groups is 1. The van der Waals surface area contributed by atoms with Gasteiger partial charge in [-0.2, -0.15) is 0 Å². The highest BCUT2D eigenvalue weighted by Gasteiger charge is 2.16. The minimum atomic E-state index is -0.838. The molecule has 0 spiro atoms. The highest BCUT2D eigenvalue weighted by Crippen LogP contribution is 2.27. The molecule has 0 saturated heterocycles. The van der Waals surface area contributed by atoms with Gasteiger partial charge in [0.05, 0.1) is 15.6 Å². The fourth-order valence-electron chi connectivity index (χ4n) is 2.30. The Balaban J connectivity index is 1.86. The fraction of sp³-hybridized carbons (Fsp3) is 0.222. The maximum absolute atomic E-state index is 11.9. The molecule has 0 aliphatic rings. The van der Waals surface area contributed by atoms with Crippen LogP contribution in [0.4, 0.5) is 11.4 Å². The number of ether oxygens (including phenoxy) is 2. The second-order valence-electron chi connectivity index (χ2n) is 5.66. The predicted molar refractivity (Wildman–Crippen MR) is 99.1 cm³/mol. The standard InChI is InChI=1S/C18H17ClN2O6/c1-11-7-12(2)18(13(19)8-11)20-16(22)9-27-17(23)10-26-15-6-4-3-5-14(15)21(24)25/h3-8H,9-10H2,1-2H3,(H,20,22). The number of hydrogen-bond acceptors (Lipinski definition) is 6.